The maximum Gasteiger partial charge on any atom is 0.0863 e. The summed E-state index contributed by atoms with van der Waals surface area (Å²) in [5.41, 5.74) is 2.19. The number of halogens is 1. The first-order chi connectivity index (χ1) is 9.05. The predicted octanol–water partition coefficient (Wildman–Crippen LogP) is 2.30. The summed E-state index contributed by atoms with van der Waals surface area (Å²) < 4.78 is 2.05. The fourth-order valence-electron chi connectivity index (χ4n) is 2.95. The lowest BCUT2D eigenvalue weighted by molar-refractivity contribution is 0.163. The van der Waals surface area contributed by atoms with E-state index in [1.165, 1.54) is 5.69 Å². The van der Waals surface area contributed by atoms with Crippen LogP contribution in [0, 0.1) is 0 Å². The van der Waals surface area contributed by atoms with E-state index >= 15 is 0 Å². The summed E-state index contributed by atoms with van der Waals surface area (Å²) in [5, 5.41) is 9.01. The standard InChI is InChI=1S/C14H25ClN4/c1-5-12-14(15)13(19(6-2)17-12)9-18-7-10(3)16-11(4)8-18/h10-11,16H,5-9H2,1-4H3. The average Bonchev–Trinajstić information content (AvgIpc) is 2.65. The number of nitrogens with zero attached hydrogens (tertiary/aromatic N) is 3. The Balaban J connectivity index is 2.16. The van der Waals surface area contributed by atoms with Crippen molar-refractivity contribution in [3.8, 4) is 0 Å². The number of hydrogen-bond donors (Lipinski definition) is 1. The third kappa shape index (κ3) is 3.30. The first kappa shape index (κ1) is 14.8. The van der Waals surface area contributed by atoms with E-state index in [0.717, 1.165) is 43.3 Å². The Kier molecular flexibility index (Phi) is 4.87. The Morgan fingerprint density at radius 1 is 1.26 bits per heavy atom. The van der Waals surface area contributed by atoms with Gasteiger partial charge in [0, 0.05) is 38.3 Å². The highest BCUT2D eigenvalue weighted by Crippen LogP contribution is 2.23. The van der Waals surface area contributed by atoms with E-state index in [-0.39, 0.29) is 0 Å². The van der Waals surface area contributed by atoms with Crippen LogP contribution in [0.5, 0.6) is 0 Å². The molecule has 0 saturated carbocycles. The Morgan fingerprint density at radius 2 is 1.89 bits per heavy atom. The van der Waals surface area contributed by atoms with Crippen LogP contribution in [-0.2, 0) is 19.5 Å². The van der Waals surface area contributed by atoms with Gasteiger partial charge in [-0.3, -0.25) is 9.58 Å². The third-order valence-electron chi connectivity index (χ3n) is 3.70. The molecule has 1 aliphatic heterocycles. The smallest absolute Gasteiger partial charge is 0.0863 e. The highest BCUT2D eigenvalue weighted by atomic mass is 35.5. The lowest BCUT2D eigenvalue weighted by Gasteiger charge is -2.36. The molecule has 0 radical (unpaired) electrons. The lowest BCUT2D eigenvalue weighted by Crippen LogP contribution is -2.53. The van der Waals surface area contributed by atoms with E-state index < -0.39 is 0 Å². The Labute approximate surface area is 121 Å². The number of rotatable bonds is 4. The van der Waals surface area contributed by atoms with Crippen LogP contribution in [0.1, 0.15) is 39.1 Å². The molecule has 2 atom stereocenters. The topological polar surface area (TPSA) is 33.1 Å². The Bertz CT molecular complexity index is 419. The van der Waals surface area contributed by atoms with Crippen molar-refractivity contribution in [3.63, 3.8) is 0 Å². The molecule has 0 amide bonds. The molecule has 1 saturated heterocycles. The van der Waals surface area contributed by atoms with Gasteiger partial charge in [-0.25, -0.2) is 0 Å². The van der Waals surface area contributed by atoms with Crippen molar-refractivity contribution in [2.24, 2.45) is 0 Å². The van der Waals surface area contributed by atoms with E-state index in [0.29, 0.717) is 12.1 Å². The van der Waals surface area contributed by atoms with Crippen molar-refractivity contribution >= 4 is 11.6 Å². The van der Waals surface area contributed by atoms with Crippen LogP contribution in [0.4, 0.5) is 0 Å². The molecule has 2 heterocycles. The minimum atomic E-state index is 0.533. The summed E-state index contributed by atoms with van der Waals surface area (Å²) >= 11 is 6.47. The second-order valence-electron chi connectivity index (χ2n) is 5.54. The molecular formula is C14H25ClN4. The fraction of sp³-hybridized carbons (Fsp3) is 0.786. The zero-order valence-corrected chi connectivity index (χ0v) is 13.2. The van der Waals surface area contributed by atoms with Crippen molar-refractivity contribution in [2.45, 2.75) is 59.3 Å². The molecule has 19 heavy (non-hydrogen) atoms. The maximum absolute atomic E-state index is 6.47. The molecule has 1 aromatic rings. The first-order valence-electron chi connectivity index (χ1n) is 7.27. The first-order valence-corrected chi connectivity index (χ1v) is 7.65. The largest absolute Gasteiger partial charge is 0.309 e. The SMILES string of the molecule is CCc1nn(CC)c(CN2CC(C)NC(C)C2)c1Cl. The number of hydrogen-bond acceptors (Lipinski definition) is 3. The van der Waals surface area contributed by atoms with Gasteiger partial charge in [-0.2, -0.15) is 5.10 Å². The minimum absolute atomic E-state index is 0.533. The zero-order chi connectivity index (χ0) is 14.0. The van der Waals surface area contributed by atoms with Crippen LogP contribution in [0.15, 0.2) is 0 Å². The minimum Gasteiger partial charge on any atom is -0.309 e. The molecule has 0 aliphatic carbocycles. The van der Waals surface area contributed by atoms with Crippen LogP contribution in [0.25, 0.3) is 0 Å². The molecule has 2 rings (SSSR count). The molecule has 2 unspecified atom stereocenters. The van der Waals surface area contributed by atoms with Crippen molar-refractivity contribution in [1.29, 1.82) is 0 Å². The summed E-state index contributed by atoms with van der Waals surface area (Å²) in [6.45, 7) is 12.6. The molecule has 5 heteroatoms. The summed E-state index contributed by atoms with van der Waals surface area (Å²) in [6.07, 6.45) is 0.896. The van der Waals surface area contributed by atoms with Gasteiger partial charge in [-0.1, -0.05) is 18.5 Å². The molecule has 0 spiro atoms. The van der Waals surface area contributed by atoms with Crippen molar-refractivity contribution in [3.05, 3.63) is 16.4 Å². The van der Waals surface area contributed by atoms with Gasteiger partial charge in [0.2, 0.25) is 0 Å². The molecular weight excluding hydrogens is 260 g/mol. The quantitative estimate of drug-likeness (QED) is 0.921. The monoisotopic (exact) mass is 284 g/mol. The van der Waals surface area contributed by atoms with Crippen molar-refractivity contribution in [1.82, 2.24) is 20.0 Å². The van der Waals surface area contributed by atoms with Gasteiger partial charge in [0.05, 0.1) is 16.4 Å². The van der Waals surface area contributed by atoms with E-state index in [1.807, 2.05) is 0 Å². The molecule has 0 bridgehead atoms. The van der Waals surface area contributed by atoms with Gasteiger partial charge in [0.1, 0.15) is 0 Å². The van der Waals surface area contributed by atoms with Gasteiger partial charge < -0.3 is 5.32 Å². The molecule has 1 aromatic heterocycles. The molecule has 4 nitrogen and oxygen atoms in total. The van der Waals surface area contributed by atoms with Gasteiger partial charge in [0.15, 0.2) is 0 Å². The van der Waals surface area contributed by atoms with Crippen molar-refractivity contribution < 1.29 is 0 Å². The fourth-order valence-corrected chi connectivity index (χ4v) is 3.28. The summed E-state index contributed by atoms with van der Waals surface area (Å²) in [5.74, 6) is 0. The molecule has 1 aliphatic rings. The van der Waals surface area contributed by atoms with Crippen LogP contribution >= 0.6 is 11.6 Å². The van der Waals surface area contributed by atoms with Crippen molar-refractivity contribution in [2.75, 3.05) is 13.1 Å². The van der Waals surface area contributed by atoms with E-state index in [2.05, 4.69) is 47.7 Å². The number of piperazine rings is 1. The van der Waals surface area contributed by atoms with Crippen LogP contribution < -0.4 is 5.32 Å². The lowest BCUT2D eigenvalue weighted by atomic mass is 10.1. The number of aromatic nitrogens is 2. The summed E-state index contributed by atoms with van der Waals surface area (Å²) in [7, 11) is 0. The normalized spacial score (nSPS) is 24.9. The van der Waals surface area contributed by atoms with Gasteiger partial charge in [-0.15, -0.1) is 0 Å². The Hall–Kier alpha value is -0.580. The van der Waals surface area contributed by atoms with Crippen LogP contribution in [0.3, 0.4) is 0 Å². The summed E-state index contributed by atoms with van der Waals surface area (Å²) in [6, 6.07) is 1.07. The predicted molar refractivity (Wildman–Crippen MR) is 79.6 cm³/mol. The van der Waals surface area contributed by atoms with E-state index in [1.54, 1.807) is 0 Å². The number of nitrogens with one attached hydrogen (secondary N) is 1. The highest BCUT2D eigenvalue weighted by molar-refractivity contribution is 6.31. The Morgan fingerprint density at radius 3 is 2.42 bits per heavy atom. The van der Waals surface area contributed by atoms with E-state index in [9.17, 15) is 0 Å². The average molecular weight is 285 g/mol. The van der Waals surface area contributed by atoms with Gasteiger partial charge in [0.25, 0.3) is 0 Å². The summed E-state index contributed by atoms with van der Waals surface area (Å²) in [4.78, 5) is 2.47. The van der Waals surface area contributed by atoms with Crippen LogP contribution in [-0.4, -0.2) is 39.9 Å². The maximum atomic E-state index is 6.47. The number of aryl methyl sites for hydroxylation is 2. The van der Waals surface area contributed by atoms with Crippen LogP contribution in [0.2, 0.25) is 5.02 Å². The second kappa shape index (κ2) is 6.25. The molecule has 1 N–H and O–H groups in total. The highest BCUT2D eigenvalue weighted by Gasteiger charge is 2.23. The molecule has 108 valence electrons. The van der Waals surface area contributed by atoms with Gasteiger partial charge >= 0.3 is 0 Å². The zero-order valence-electron chi connectivity index (χ0n) is 12.4. The van der Waals surface area contributed by atoms with Gasteiger partial charge in [-0.05, 0) is 27.2 Å². The van der Waals surface area contributed by atoms with E-state index in [4.69, 9.17) is 11.6 Å². The molecule has 1 fully saturated rings. The third-order valence-corrected chi connectivity index (χ3v) is 4.14. The molecule has 0 aromatic carbocycles. The second-order valence-corrected chi connectivity index (χ2v) is 5.92.